The molecule has 1 aliphatic heterocycles. The van der Waals surface area contributed by atoms with Crippen LogP contribution in [0, 0.1) is 12.8 Å². The first-order valence-corrected chi connectivity index (χ1v) is 11.3. The molecule has 0 radical (unpaired) electrons. The SMILES string of the molecule is CCOC(=O)c1c(NC(=O)C2CC(=O)N(c3ccc(CC)cc3)C2)sc(C(=O)NC)c1C. The molecule has 8 nitrogen and oxygen atoms in total. The second-order valence-electron chi connectivity index (χ2n) is 7.47. The molecule has 2 aromatic rings. The van der Waals surface area contributed by atoms with Gasteiger partial charge in [-0.05, 0) is 43.5 Å². The smallest absolute Gasteiger partial charge is 0.341 e. The third-order valence-electron chi connectivity index (χ3n) is 5.45. The summed E-state index contributed by atoms with van der Waals surface area (Å²) in [5.74, 6) is -2.04. The summed E-state index contributed by atoms with van der Waals surface area (Å²) in [6, 6.07) is 7.70. The molecular formula is C23H27N3O5S. The number of aryl methyl sites for hydroxylation is 1. The Hall–Kier alpha value is -3.20. The van der Waals surface area contributed by atoms with Crippen molar-refractivity contribution in [1.82, 2.24) is 5.32 Å². The minimum absolute atomic E-state index is 0.0722. The van der Waals surface area contributed by atoms with Crippen LogP contribution in [0.5, 0.6) is 0 Å². The number of nitrogens with one attached hydrogen (secondary N) is 2. The van der Waals surface area contributed by atoms with Gasteiger partial charge in [0.25, 0.3) is 5.91 Å². The summed E-state index contributed by atoms with van der Waals surface area (Å²) >= 11 is 1.02. The van der Waals surface area contributed by atoms with E-state index in [1.54, 1.807) is 18.7 Å². The zero-order valence-electron chi connectivity index (χ0n) is 18.6. The van der Waals surface area contributed by atoms with Crippen LogP contribution in [0.25, 0.3) is 0 Å². The third kappa shape index (κ3) is 4.67. The van der Waals surface area contributed by atoms with Crippen molar-refractivity contribution in [3.8, 4) is 0 Å². The van der Waals surface area contributed by atoms with Crippen LogP contribution >= 0.6 is 11.3 Å². The highest BCUT2D eigenvalue weighted by Crippen LogP contribution is 2.35. The number of carbonyl (C=O) groups excluding carboxylic acids is 4. The number of nitrogens with zero attached hydrogens (tertiary/aromatic N) is 1. The summed E-state index contributed by atoms with van der Waals surface area (Å²) in [5.41, 5.74) is 2.54. The van der Waals surface area contributed by atoms with E-state index >= 15 is 0 Å². The number of rotatable bonds is 7. The second kappa shape index (κ2) is 9.95. The fraction of sp³-hybridized carbons (Fsp3) is 0.391. The molecule has 9 heteroatoms. The molecule has 1 atom stereocenters. The van der Waals surface area contributed by atoms with Crippen molar-refractivity contribution < 1.29 is 23.9 Å². The van der Waals surface area contributed by atoms with Crippen molar-refractivity contribution in [2.45, 2.75) is 33.6 Å². The Bertz CT molecular complexity index is 1040. The van der Waals surface area contributed by atoms with Gasteiger partial charge in [-0.25, -0.2) is 4.79 Å². The minimum Gasteiger partial charge on any atom is -0.462 e. The Morgan fingerprint density at radius 2 is 1.88 bits per heavy atom. The molecule has 2 N–H and O–H groups in total. The van der Waals surface area contributed by atoms with Gasteiger partial charge in [0.05, 0.1) is 23.0 Å². The van der Waals surface area contributed by atoms with E-state index < -0.39 is 11.9 Å². The molecule has 3 amide bonds. The van der Waals surface area contributed by atoms with E-state index in [0.717, 1.165) is 23.4 Å². The van der Waals surface area contributed by atoms with Gasteiger partial charge in [0, 0.05) is 25.7 Å². The molecule has 170 valence electrons. The van der Waals surface area contributed by atoms with Crippen molar-refractivity contribution in [1.29, 1.82) is 0 Å². The molecule has 2 heterocycles. The lowest BCUT2D eigenvalue weighted by Gasteiger charge is -2.17. The van der Waals surface area contributed by atoms with E-state index in [9.17, 15) is 19.2 Å². The Labute approximate surface area is 190 Å². The Balaban J connectivity index is 1.81. The van der Waals surface area contributed by atoms with Crippen LogP contribution in [0.1, 0.15) is 51.4 Å². The van der Waals surface area contributed by atoms with Crippen molar-refractivity contribution in [3.05, 3.63) is 45.8 Å². The zero-order chi connectivity index (χ0) is 23.4. The summed E-state index contributed by atoms with van der Waals surface area (Å²) in [5, 5.41) is 5.55. The summed E-state index contributed by atoms with van der Waals surface area (Å²) in [6.45, 7) is 5.80. The molecule has 1 fully saturated rings. The summed E-state index contributed by atoms with van der Waals surface area (Å²) in [4.78, 5) is 52.2. The molecule has 3 rings (SSSR count). The van der Waals surface area contributed by atoms with Gasteiger partial charge in [0.1, 0.15) is 5.00 Å². The average Bonchev–Trinajstić information content (AvgIpc) is 3.33. The molecule has 1 aliphatic rings. The van der Waals surface area contributed by atoms with Gasteiger partial charge in [-0.1, -0.05) is 19.1 Å². The standard InChI is InChI=1S/C23H27N3O5S/c1-5-14-7-9-16(10-8-14)26-12-15(11-17(26)27)20(28)25-22-18(23(30)31-6-2)13(3)19(32-22)21(29)24-4/h7-10,15H,5-6,11-12H2,1-4H3,(H,24,29)(H,25,28). The van der Waals surface area contributed by atoms with Crippen LogP contribution < -0.4 is 15.5 Å². The highest BCUT2D eigenvalue weighted by Gasteiger charge is 2.36. The number of amides is 3. The monoisotopic (exact) mass is 457 g/mol. The molecule has 32 heavy (non-hydrogen) atoms. The Morgan fingerprint density at radius 1 is 1.19 bits per heavy atom. The van der Waals surface area contributed by atoms with Gasteiger partial charge in [0.15, 0.2) is 0 Å². The van der Waals surface area contributed by atoms with Crippen LogP contribution in [-0.2, 0) is 20.7 Å². The number of esters is 1. The van der Waals surface area contributed by atoms with E-state index in [0.29, 0.717) is 10.4 Å². The first-order chi connectivity index (χ1) is 15.3. The first-order valence-electron chi connectivity index (χ1n) is 10.5. The molecule has 0 saturated carbocycles. The maximum absolute atomic E-state index is 13.0. The zero-order valence-corrected chi connectivity index (χ0v) is 19.4. The van der Waals surface area contributed by atoms with Crippen LogP contribution in [-0.4, -0.2) is 43.9 Å². The third-order valence-corrected chi connectivity index (χ3v) is 6.65. The summed E-state index contributed by atoms with van der Waals surface area (Å²) < 4.78 is 5.12. The van der Waals surface area contributed by atoms with Crippen LogP contribution in [0.3, 0.4) is 0 Å². The summed E-state index contributed by atoms with van der Waals surface area (Å²) in [7, 11) is 1.50. The normalized spacial score (nSPS) is 15.6. The molecule has 0 spiro atoms. The Morgan fingerprint density at radius 3 is 2.47 bits per heavy atom. The second-order valence-corrected chi connectivity index (χ2v) is 8.50. The highest BCUT2D eigenvalue weighted by atomic mass is 32.1. The highest BCUT2D eigenvalue weighted by molar-refractivity contribution is 7.18. The van der Waals surface area contributed by atoms with E-state index in [2.05, 4.69) is 17.6 Å². The lowest BCUT2D eigenvalue weighted by Crippen LogP contribution is -2.28. The molecule has 1 aromatic heterocycles. The van der Waals surface area contributed by atoms with E-state index in [-0.39, 0.29) is 47.9 Å². The van der Waals surface area contributed by atoms with E-state index in [1.165, 1.54) is 12.6 Å². The van der Waals surface area contributed by atoms with Crippen LogP contribution in [0.4, 0.5) is 10.7 Å². The maximum atomic E-state index is 13.0. The van der Waals surface area contributed by atoms with Crippen molar-refractivity contribution in [2.24, 2.45) is 5.92 Å². The minimum atomic E-state index is -0.605. The lowest BCUT2D eigenvalue weighted by molar-refractivity contribution is -0.122. The quantitative estimate of drug-likeness (QED) is 0.622. The van der Waals surface area contributed by atoms with Crippen molar-refractivity contribution >= 4 is 45.7 Å². The molecular weight excluding hydrogens is 430 g/mol. The fourth-order valence-corrected chi connectivity index (χ4v) is 4.78. The van der Waals surface area contributed by atoms with Gasteiger partial charge >= 0.3 is 5.97 Å². The molecule has 0 aliphatic carbocycles. The van der Waals surface area contributed by atoms with Crippen molar-refractivity contribution in [3.63, 3.8) is 0 Å². The number of anilines is 2. The number of hydrogen-bond acceptors (Lipinski definition) is 6. The maximum Gasteiger partial charge on any atom is 0.341 e. The fourth-order valence-electron chi connectivity index (χ4n) is 3.64. The van der Waals surface area contributed by atoms with Crippen LogP contribution in [0.15, 0.2) is 24.3 Å². The lowest BCUT2D eigenvalue weighted by atomic mass is 10.1. The van der Waals surface area contributed by atoms with Gasteiger partial charge in [-0.3, -0.25) is 14.4 Å². The summed E-state index contributed by atoms with van der Waals surface area (Å²) in [6.07, 6.45) is 0.975. The number of benzene rings is 1. The van der Waals surface area contributed by atoms with Gasteiger partial charge in [-0.2, -0.15) is 0 Å². The molecule has 1 aromatic carbocycles. The first kappa shape index (κ1) is 23.5. The van der Waals surface area contributed by atoms with Crippen molar-refractivity contribution in [2.75, 3.05) is 30.4 Å². The van der Waals surface area contributed by atoms with Crippen LogP contribution in [0.2, 0.25) is 0 Å². The topological polar surface area (TPSA) is 105 Å². The largest absolute Gasteiger partial charge is 0.462 e. The van der Waals surface area contributed by atoms with E-state index in [1.807, 2.05) is 24.3 Å². The number of thiophene rings is 1. The Kier molecular flexibility index (Phi) is 7.29. The number of hydrogen-bond donors (Lipinski definition) is 2. The van der Waals surface area contributed by atoms with E-state index in [4.69, 9.17) is 4.74 Å². The van der Waals surface area contributed by atoms with Gasteiger partial charge in [-0.15, -0.1) is 11.3 Å². The van der Waals surface area contributed by atoms with Gasteiger partial charge < -0.3 is 20.3 Å². The molecule has 1 saturated heterocycles. The number of carbonyl (C=O) groups is 4. The predicted octanol–water partition coefficient (Wildman–Crippen LogP) is 3.15. The predicted molar refractivity (Wildman–Crippen MR) is 123 cm³/mol. The number of ether oxygens (including phenoxy) is 1. The molecule has 1 unspecified atom stereocenters. The van der Waals surface area contributed by atoms with Gasteiger partial charge in [0.2, 0.25) is 11.8 Å². The molecule has 0 bridgehead atoms. The average molecular weight is 458 g/mol.